The van der Waals surface area contributed by atoms with E-state index in [-0.39, 0.29) is 29.9 Å². The number of H-pyrrole nitrogens is 5. The zero-order valence-electron chi connectivity index (χ0n) is 65.2. The number of hydrogen-bond donors (Lipinski definition) is 10. The summed E-state index contributed by atoms with van der Waals surface area (Å²) >= 11 is 0. The zero-order valence-corrected chi connectivity index (χ0v) is 65.2. The summed E-state index contributed by atoms with van der Waals surface area (Å²) in [5.74, 6) is 1.09. The topological polar surface area (TPSA) is 239 Å². The number of pyridine rings is 5. The van der Waals surface area contributed by atoms with E-state index in [1.807, 2.05) is 123 Å². The molecular weight excluding hydrogens is 1470 g/mol. The zero-order chi connectivity index (χ0) is 79.3. The van der Waals surface area contributed by atoms with Crippen LogP contribution in [0.25, 0.3) is 111 Å². The molecule has 8 aromatic carbocycles. The lowest BCUT2D eigenvalue weighted by Gasteiger charge is -2.31. The molecule has 580 valence electrons. The maximum Gasteiger partial charge on any atom is 0.333 e. The molecule has 18 nitrogen and oxygen atoms in total. The third kappa shape index (κ3) is 13.0. The number of anilines is 5. The second-order valence-electron chi connectivity index (χ2n) is 30.6. The minimum Gasteiger partial charge on any atom is -0.496 e. The molecule has 0 bridgehead atoms. The molecule has 1 fully saturated rings. The number of aryl methyl sites for hydroxylation is 1. The Kier molecular flexibility index (Phi) is 19.0. The van der Waals surface area contributed by atoms with E-state index in [2.05, 4.69) is 229 Å². The van der Waals surface area contributed by atoms with Crippen molar-refractivity contribution in [3.8, 4) is 61.4 Å². The SMILES string of the molecule is CCOC(=O)C1Nc2ccccc2-c2ccnc3[nH]cc1c23.COc1ccccc1C1Nc2ccccc2-c2ccnc3[nH]cc1c23.Cc1cccc(C2Nc3ccccc3-c3ccnc4[nH]cc2c34)c1.Fc1ccccc1C1Nc2ccccc2-c2ccnc3[nH]cc1c23.c1ccc2c(c1)NC(C1CCCCC1)c1c[nH]c3nccc-2c13. The number of aromatic amines is 5. The van der Waals surface area contributed by atoms with Gasteiger partial charge in [-0.25, -0.2) is 34.1 Å². The van der Waals surface area contributed by atoms with Crippen LogP contribution in [0.15, 0.2) is 286 Å². The number of esters is 1. The number of methoxy groups -OCH3 is 1. The van der Waals surface area contributed by atoms with E-state index in [0.717, 1.165) is 112 Å². The monoisotopic (exact) mass is 1550 g/mol. The Morgan fingerprint density at radius 3 is 1.20 bits per heavy atom. The largest absolute Gasteiger partial charge is 0.496 e. The van der Waals surface area contributed by atoms with E-state index in [1.54, 1.807) is 25.6 Å². The van der Waals surface area contributed by atoms with Gasteiger partial charge in [0.1, 0.15) is 39.8 Å². The van der Waals surface area contributed by atoms with Crippen LogP contribution in [-0.2, 0) is 9.53 Å². The number of para-hydroxylation sites is 6. The summed E-state index contributed by atoms with van der Waals surface area (Å²) in [6, 6.07) is 75.4. The molecule has 5 aliphatic heterocycles. The summed E-state index contributed by atoms with van der Waals surface area (Å²) in [6.07, 6.45) is 26.1. The first kappa shape index (κ1) is 72.4. The Balaban J connectivity index is 0.0000000947. The van der Waals surface area contributed by atoms with Gasteiger partial charge >= 0.3 is 5.97 Å². The van der Waals surface area contributed by atoms with Crippen LogP contribution in [0.5, 0.6) is 5.75 Å². The first-order valence-electron chi connectivity index (χ1n) is 40.4. The van der Waals surface area contributed by atoms with Gasteiger partial charge in [-0.15, -0.1) is 0 Å². The molecule has 1 aliphatic carbocycles. The minimum absolute atomic E-state index is 0.0171. The molecule has 19 heteroatoms. The second-order valence-corrected chi connectivity index (χ2v) is 30.6. The molecule has 0 radical (unpaired) electrons. The molecule has 24 rings (SSSR count). The lowest BCUT2D eigenvalue weighted by Crippen LogP contribution is -2.22. The second kappa shape index (κ2) is 31.0. The maximum atomic E-state index is 14.5. The highest BCUT2D eigenvalue weighted by atomic mass is 19.1. The number of carbonyl (C=O) groups excluding carboxylic acids is 1. The van der Waals surface area contributed by atoms with Crippen LogP contribution in [0.3, 0.4) is 0 Å². The summed E-state index contributed by atoms with van der Waals surface area (Å²) in [4.78, 5) is 51.2. The molecule has 0 spiro atoms. The molecule has 0 amide bonds. The van der Waals surface area contributed by atoms with Gasteiger partial charge < -0.3 is 61.0 Å². The van der Waals surface area contributed by atoms with Gasteiger partial charge in [0.15, 0.2) is 6.04 Å². The van der Waals surface area contributed by atoms with Crippen LogP contribution in [0, 0.1) is 18.7 Å². The minimum atomic E-state index is -0.541. The predicted molar refractivity (Wildman–Crippen MR) is 471 cm³/mol. The van der Waals surface area contributed by atoms with Crippen molar-refractivity contribution < 1.29 is 18.7 Å². The van der Waals surface area contributed by atoms with Gasteiger partial charge in [-0.2, -0.15) is 0 Å². The summed E-state index contributed by atoms with van der Waals surface area (Å²) in [6.45, 7) is 4.30. The normalized spacial score (nSPS) is 16.6. The van der Waals surface area contributed by atoms with E-state index in [0.29, 0.717) is 24.1 Å². The molecule has 10 aromatic heterocycles. The van der Waals surface area contributed by atoms with Gasteiger partial charge in [0, 0.05) is 184 Å². The Morgan fingerprint density at radius 1 is 0.373 bits per heavy atom. The highest BCUT2D eigenvalue weighted by molar-refractivity contribution is 6.07. The molecule has 1 saturated carbocycles. The third-order valence-electron chi connectivity index (χ3n) is 23.9. The fourth-order valence-corrected chi connectivity index (χ4v) is 18.6. The lowest BCUT2D eigenvalue weighted by atomic mass is 9.81. The average Bonchev–Trinajstić information content (AvgIpc) is 1.73. The lowest BCUT2D eigenvalue weighted by molar-refractivity contribution is -0.144. The Hall–Kier alpha value is -14.6. The van der Waals surface area contributed by atoms with E-state index >= 15 is 0 Å². The van der Waals surface area contributed by atoms with Crippen molar-refractivity contribution in [2.45, 2.75) is 76.2 Å². The number of nitrogens with one attached hydrogen (secondary N) is 10. The maximum absolute atomic E-state index is 14.5. The first-order chi connectivity index (χ1) is 58.2. The fourth-order valence-electron chi connectivity index (χ4n) is 18.6. The van der Waals surface area contributed by atoms with Crippen LogP contribution in [0.2, 0.25) is 0 Å². The van der Waals surface area contributed by atoms with Crippen LogP contribution < -0.4 is 31.3 Å². The summed E-state index contributed by atoms with van der Waals surface area (Å²) < 4.78 is 25.3. The number of carbonyl (C=O) groups is 1. The first-order valence-corrected chi connectivity index (χ1v) is 40.4. The van der Waals surface area contributed by atoms with Crippen molar-refractivity contribution in [1.29, 1.82) is 0 Å². The Labute approximate surface area is 680 Å². The number of rotatable bonds is 7. The molecule has 15 heterocycles. The highest BCUT2D eigenvalue weighted by Gasteiger charge is 2.35. The molecule has 0 saturated heterocycles. The molecule has 18 aromatic rings. The number of fused-ring (bicyclic) bond motifs is 10. The molecule has 118 heavy (non-hydrogen) atoms. The number of ether oxygens (including phenoxy) is 2. The van der Waals surface area contributed by atoms with E-state index in [1.165, 1.54) is 116 Å². The number of hydrogen-bond acceptors (Lipinski definition) is 13. The van der Waals surface area contributed by atoms with Gasteiger partial charge in [-0.1, -0.05) is 176 Å². The van der Waals surface area contributed by atoms with E-state index in [4.69, 9.17) is 9.47 Å². The smallest absolute Gasteiger partial charge is 0.333 e. The quantitative estimate of drug-likeness (QED) is 0.0669. The highest BCUT2D eigenvalue weighted by Crippen LogP contribution is 2.51. The molecule has 10 N–H and O–H groups in total. The van der Waals surface area contributed by atoms with Crippen molar-refractivity contribution in [2.24, 2.45) is 5.92 Å². The van der Waals surface area contributed by atoms with Gasteiger partial charge in [0.05, 0.1) is 37.9 Å². The molecule has 5 unspecified atom stereocenters. The molecule has 6 aliphatic rings. The van der Waals surface area contributed by atoms with Crippen molar-refractivity contribution in [1.82, 2.24) is 49.8 Å². The van der Waals surface area contributed by atoms with Crippen LogP contribution in [0.1, 0.15) is 119 Å². The van der Waals surface area contributed by atoms with E-state index in [9.17, 15) is 9.18 Å². The number of aromatic nitrogens is 10. The van der Waals surface area contributed by atoms with Gasteiger partial charge in [-0.3, -0.25) is 0 Å². The summed E-state index contributed by atoms with van der Waals surface area (Å²) in [7, 11) is 1.71. The van der Waals surface area contributed by atoms with Crippen molar-refractivity contribution in [2.75, 3.05) is 40.3 Å². The van der Waals surface area contributed by atoms with Gasteiger partial charge in [0.2, 0.25) is 0 Å². The van der Waals surface area contributed by atoms with Gasteiger partial charge in [-0.05, 0) is 139 Å². The van der Waals surface area contributed by atoms with Crippen LogP contribution in [0.4, 0.5) is 32.8 Å². The number of nitrogens with zero attached hydrogens (tertiary/aromatic N) is 5. The Morgan fingerprint density at radius 2 is 0.746 bits per heavy atom. The third-order valence-corrected chi connectivity index (χ3v) is 23.9. The van der Waals surface area contributed by atoms with Gasteiger partial charge in [0.25, 0.3) is 0 Å². The predicted octanol–water partition coefficient (Wildman–Crippen LogP) is 23.2. The molecule has 5 atom stereocenters. The van der Waals surface area contributed by atoms with Crippen molar-refractivity contribution in [3.05, 3.63) is 342 Å². The fraction of sp³-hybridized carbons (Fsp3) is 0.152. The summed E-state index contributed by atoms with van der Waals surface area (Å²) in [5, 5.41) is 23.9. The number of halogens is 1. The standard InChI is InChI=1S/C21H17N3O.C21H17N3.C20H14FN3.C20H21N3.C17H15N3O2/c1-25-18-9-5-3-7-15(18)20-16-12-23-21-19(16)14(10-11-22-21)13-6-2-4-8-17(13)24-20;1-13-5-4-6-14(11-13)20-17-12-23-21-19(17)16(9-10-22-21)15-7-2-3-8-18(15)24-20;21-16-7-3-1-6-14(16)19-15-11-23-20-18(15)13(9-10-22-20)12-5-2-4-8-17(12)24-19;1-2-6-13(7-3-1)19-16-12-22-20-18(16)15(10-11-21-20)14-8-4-5-9-17(14)23-19;1-2-22-17(21)15-12-9-19-16-14(12)11(7-8-18-16)10-5-3-4-6-13(10)20-15/h2-12,20,24H,1H3,(H,22,23);2-12,20,24H,1H3,(H,22,23);1-11,19,24H,(H,22,23);4-5,8-13,19,23H,1-3,6-7H2,(H,21,22);3-9,15,20H,2H2,1H3,(H,18,19). The average molecular weight is 1550 g/mol. The number of benzene rings is 8. The summed E-state index contributed by atoms with van der Waals surface area (Å²) in [5.41, 5.74) is 31.6. The van der Waals surface area contributed by atoms with Crippen molar-refractivity contribution in [3.63, 3.8) is 0 Å². The van der Waals surface area contributed by atoms with Crippen molar-refractivity contribution >= 4 is 89.6 Å². The van der Waals surface area contributed by atoms with Crippen LogP contribution in [-0.4, -0.2) is 69.5 Å². The van der Waals surface area contributed by atoms with E-state index < -0.39 is 6.04 Å². The molecular formula is C99H84FN15O3. The van der Waals surface area contributed by atoms with Crippen LogP contribution >= 0.6 is 0 Å². The Bertz CT molecular complexity index is 6830.